The first-order valence-electron chi connectivity index (χ1n) is 7.07. The number of hydrogen-bond acceptors (Lipinski definition) is 4. The van der Waals surface area contributed by atoms with E-state index in [1.165, 1.54) is 6.07 Å². The Morgan fingerprint density at radius 2 is 1.70 bits per heavy atom. The molecule has 0 aliphatic carbocycles. The molecule has 0 atom stereocenters. The van der Waals surface area contributed by atoms with Crippen LogP contribution in [0.1, 0.15) is 45.0 Å². The third-order valence-electron chi connectivity index (χ3n) is 2.40. The lowest BCUT2D eigenvalue weighted by molar-refractivity contribution is 0.0935. The summed E-state index contributed by atoms with van der Waals surface area (Å²) in [4.78, 5) is 23.7. The molecule has 0 bridgehead atoms. The van der Waals surface area contributed by atoms with Crippen molar-refractivity contribution in [1.82, 2.24) is 16.2 Å². The van der Waals surface area contributed by atoms with Crippen LogP contribution in [0.3, 0.4) is 0 Å². The molecule has 8 heteroatoms. The van der Waals surface area contributed by atoms with Crippen LogP contribution in [0.5, 0.6) is 0 Å². The van der Waals surface area contributed by atoms with Gasteiger partial charge in [-0.05, 0) is 52.8 Å². The Morgan fingerprint density at radius 1 is 1.04 bits per heavy atom. The first kappa shape index (κ1) is 18.9. The molecule has 0 spiro atoms. The summed E-state index contributed by atoms with van der Waals surface area (Å²) in [5, 5.41) is 11.2. The number of urea groups is 1. The van der Waals surface area contributed by atoms with Gasteiger partial charge >= 0.3 is 6.03 Å². The number of carbonyl (C=O) groups excluding carboxylic acids is 2. The van der Waals surface area contributed by atoms with Crippen LogP contribution < -0.4 is 16.2 Å². The number of amides is 3. The fraction of sp³-hybridized carbons (Fsp3) is 0.467. The Balaban J connectivity index is 2.54. The third-order valence-corrected chi connectivity index (χ3v) is 2.63. The maximum atomic E-state index is 11.9. The van der Waals surface area contributed by atoms with Crippen molar-refractivity contribution in [3.8, 4) is 0 Å². The molecule has 0 aromatic heterocycles. The smallest absolute Gasteiger partial charge is 0.311 e. The van der Waals surface area contributed by atoms with Crippen molar-refractivity contribution in [3.05, 3.63) is 34.9 Å². The number of carbonyl (C=O) groups is 2. The first-order valence-corrected chi connectivity index (χ1v) is 7.44. The van der Waals surface area contributed by atoms with Crippen molar-refractivity contribution < 1.29 is 9.59 Å². The molecular formula is C15H22ClN5O2. The highest BCUT2D eigenvalue weighted by molar-refractivity contribution is 6.30. The summed E-state index contributed by atoms with van der Waals surface area (Å²) in [6, 6.07) is 5.78. The molecule has 3 amide bonds. The van der Waals surface area contributed by atoms with Crippen LogP contribution in [-0.4, -0.2) is 23.1 Å². The second kappa shape index (κ2) is 7.41. The van der Waals surface area contributed by atoms with Crippen LogP contribution in [-0.2, 0) is 0 Å². The Morgan fingerprint density at radius 3 is 2.26 bits per heavy atom. The van der Waals surface area contributed by atoms with Crippen molar-refractivity contribution in [1.29, 1.82) is 0 Å². The van der Waals surface area contributed by atoms with E-state index >= 15 is 0 Å². The molecule has 23 heavy (non-hydrogen) atoms. The van der Waals surface area contributed by atoms with E-state index in [1.807, 2.05) is 20.8 Å². The molecule has 126 valence electrons. The van der Waals surface area contributed by atoms with E-state index in [9.17, 15) is 9.59 Å². The maximum Gasteiger partial charge on any atom is 0.335 e. The zero-order valence-corrected chi connectivity index (χ0v) is 14.7. The summed E-state index contributed by atoms with van der Waals surface area (Å²) < 4.78 is 0. The van der Waals surface area contributed by atoms with Crippen LogP contribution in [0.4, 0.5) is 4.79 Å². The monoisotopic (exact) mass is 339 g/mol. The molecule has 1 rings (SSSR count). The van der Waals surface area contributed by atoms with Crippen LogP contribution in [0.15, 0.2) is 34.5 Å². The van der Waals surface area contributed by atoms with E-state index in [1.54, 1.807) is 32.0 Å². The molecule has 0 fully saturated rings. The van der Waals surface area contributed by atoms with Crippen LogP contribution >= 0.6 is 11.6 Å². The highest BCUT2D eigenvalue weighted by Crippen LogP contribution is 2.12. The van der Waals surface area contributed by atoms with Crippen molar-refractivity contribution in [2.75, 3.05) is 0 Å². The molecule has 7 nitrogen and oxygen atoms in total. The van der Waals surface area contributed by atoms with Gasteiger partial charge in [-0.15, -0.1) is 0 Å². The summed E-state index contributed by atoms with van der Waals surface area (Å²) in [6.07, 6.45) is 0. The van der Waals surface area contributed by atoms with E-state index < -0.39 is 17.6 Å². The number of hydrazine groups is 1. The van der Waals surface area contributed by atoms with Gasteiger partial charge in [0.05, 0.1) is 5.54 Å². The number of benzene rings is 1. The van der Waals surface area contributed by atoms with Crippen LogP contribution in [0, 0.1) is 0 Å². The second-order valence-corrected chi connectivity index (χ2v) is 6.91. The van der Waals surface area contributed by atoms with Crippen LogP contribution in [0.2, 0.25) is 5.02 Å². The standard InChI is InChI=1S/C15H22ClN5O2/c1-14(2,3)20-21-15(4,5)17-13(23)19-18-12(22)10-7-6-8-11(16)9-10/h6-9H,1-5H3,(H,18,22)(H2,17,19,23). The van der Waals surface area contributed by atoms with Crippen molar-refractivity contribution in [3.63, 3.8) is 0 Å². The minimum Gasteiger partial charge on any atom is -0.311 e. The number of nitrogens with one attached hydrogen (secondary N) is 3. The average molecular weight is 340 g/mol. The number of azo groups is 1. The van der Waals surface area contributed by atoms with E-state index in [0.717, 1.165) is 0 Å². The predicted octanol–water partition coefficient (Wildman–Crippen LogP) is 3.27. The Bertz CT molecular complexity index is 608. The molecule has 3 N–H and O–H groups in total. The first-order chi connectivity index (χ1) is 10.5. The van der Waals surface area contributed by atoms with Gasteiger partial charge in [-0.25, -0.2) is 10.2 Å². The fourth-order valence-corrected chi connectivity index (χ4v) is 1.61. The SMILES string of the molecule is CC(C)(C)N=NC(C)(C)NC(=O)NNC(=O)c1cccc(Cl)c1. The Kier molecular flexibility index (Phi) is 6.09. The number of halogens is 1. The Labute approximate surface area is 140 Å². The molecule has 0 heterocycles. The van der Waals surface area contributed by atoms with Gasteiger partial charge in [0.25, 0.3) is 5.91 Å². The van der Waals surface area contributed by atoms with E-state index in [4.69, 9.17) is 11.6 Å². The lowest BCUT2D eigenvalue weighted by Crippen LogP contribution is -2.52. The summed E-state index contributed by atoms with van der Waals surface area (Å²) in [5.74, 6) is -0.475. The summed E-state index contributed by atoms with van der Waals surface area (Å²) in [7, 11) is 0. The molecule has 0 aliphatic rings. The van der Waals surface area contributed by atoms with Crippen LogP contribution in [0.25, 0.3) is 0 Å². The van der Waals surface area contributed by atoms with Crippen molar-refractivity contribution >= 4 is 23.5 Å². The van der Waals surface area contributed by atoms with Gasteiger partial charge in [0.1, 0.15) is 5.66 Å². The molecular weight excluding hydrogens is 318 g/mol. The number of hydrogen-bond donors (Lipinski definition) is 3. The molecule has 1 aromatic carbocycles. The molecule has 0 radical (unpaired) electrons. The summed E-state index contributed by atoms with van der Waals surface area (Å²) in [6.45, 7) is 9.09. The number of rotatable bonds is 3. The Hall–Kier alpha value is -2.15. The minimum absolute atomic E-state index is 0.337. The normalized spacial score (nSPS) is 12.1. The second-order valence-electron chi connectivity index (χ2n) is 6.47. The van der Waals surface area contributed by atoms with Gasteiger partial charge in [-0.2, -0.15) is 10.2 Å². The minimum atomic E-state index is -0.905. The molecule has 0 saturated carbocycles. The molecule has 1 aromatic rings. The molecule has 0 saturated heterocycles. The van der Waals surface area contributed by atoms with Gasteiger partial charge in [0, 0.05) is 10.6 Å². The van der Waals surface area contributed by atoms with Gasteiger partial charge in [0.2, 0.25) is 0 Å². The van der Waals surface area contributed by atoms with Crippen molar-refractivity contribution in [2.45, 2.75) is 45.8 Å². The lowest BCUT2D eigenvalue weighted by Gasteiger charge is -2.22. The lowest BCUT2D eigenvalue weighted by atomic mass is 10.1. The topological polar surface area (TPSA) is 94.9 Å². The van der Waals surface area contributed by atoms with Gasteiger partial charge in [0.15, 0.2) is 0 Å². The number of nitrogens with zero attached hydrogens (tertiary/aromatic N) is 2. The predicted molar refractivity (Wildman–Crippen MR) is 89.3 cm³/mol. The van der Waals surface area contributed by atoms with E-state index in [0.29, 0.717) is 10.6 Å². The average Bonchev–Trinajstić information content (AvgIpc) is 2.41. The largest absolute Gasteiger partial charge is 0.335 e. The van der Waals surface area contributed by atoms with Crippen molar-refractivity contribution in [2.24, 2.45) is 10.2 Å². The highest BCUT2D eigenvalue weighted by Gasteiger charge is 2.21. The van der Waals surface area contributed by atoms with Gasteiger partial charge in [-0.1, -0.05) is 17.7 Å². The van der Waals surface area contributed by atoms with E-state index in [2.05, 4.69) is 26.4 Å². The molecule has 0 unspecified atom stereocenters. The fourth-order valence-electron chi connectivity index (χ4n) is 1.42. The van der Waals surface area contributed by atoms with Gasteiger partial charge < -0.3 is 5.32 Å². The highest BCUT2D eigenvalue weighted by atomic mass is 35.5. The van der Waals surface area contributed by atoms with E-state index in [-0.39, 0.29) is 5.54 Å². The summed E-state index contributed by atoms with van der Waals surface area (Å²) in [5.41, 5.74) is 3.64. The summed E-state index contributed by atoms with van der Waals surface area (Å²) >= 11 is 5.81. The van der Waals surface area contributed by atoms with Gasteiger partial charge in [-0.3, -0.25) is 10.2 Å². The zero-order chi connectivity index (χ0) is 17.7. The third kappa shape index (κ3) is 7.60. The maximum absolute atomic E-state index is 11.9. The molecule has 0 aliphatic heterocycles. The quantitative estimate of drug-likeness (QED) is 0.582. The zero-order valence-electron chi connectivity index (χ0n) is 13.9.